The van der Waals surface area contributed by atoms with Crippen molar-refractivity contribution in [3.63, 3.8) is 0 Å². The third-order valence-electron chi connectivity index (χ3n) is 2.89. The van der Waals surface area contributed by atoms with Gasteiger partial charge in [0.1, 0.15) is 6.10 Å². The van der Waals surface area contributed by atoms with Gasteiger partial charge in [0.2, 0.25) is 0 Å². The highest BCUT2D eigenvalue weighted by atomic mass is 16.3. The summed E-state index contributed by atoms with van der Waals surface area (Å²) in [6, 6.07) is 0. The predicted molar refractivity (Wildman–Crippen MR) is 47.9 cm³/mol. The summed E-state index contributed by atoms with van der Waals surface area (Å²) in [5.74, 6) is 0.865. The Morgan fingerprint density at radius 2 is 2.38 bits per heavy atom. The average molecular weight is 181 g/mol. The van der Waals surface area contributed by atoms with Crippen molar-refractivity contribution in [2.24, 2.45) is 11.8 Å². The second-order valence-corrected chi connectivity index (χ2v) is 4.02. The molecule has 1 aromatic rings. The fraction of sp³-hybridized carbons (Fsp3) is 0.778. The molecular weight excluding hydrogens is 166 g/mol. The summed E-state index contributed by atoms with van der Waals surface area (Å²) in [4.78, 5) is 0. The van der Waals surface area contributed by atoms with Crippen LogP contribution in [0.15, 0.2) is 6.20 Å². The number of aliphatic hydroxyl groups excluding tert-OH is 1. The van der Waals surface area contributed by atoms with Gasteiger partial charge in [0, 0.05) is 6.54 Å². The summed E-state index contributed by atoms with van der Waals surface area (Å²) in [6.45, 7) is 5.18. The highest BCUT2D eigenvalue weighted by Crippen LogP contribution is 2.34. The number of rotatable bonds is 1. The molecule has 0 radical (unpaired) electrons. The number of nitrogens with zero attached hydrogens (tertiary/aromatic N) is 3. The van der Waals surface area contributed by atoms with Gasteiger partial charge < -0.3 is 5.11 Å². The Balaban J connectivity index is 2.27. The van der Waals surface area contributed by atoms with E-state index in [-0.39, 0.29) is 6.10 Å². The monoisotopic (exact) mass is 181 g/mol. The SMILES string of the molecule is CC(C)C1CCn2nncc2C1O. The third-order valence-corrected chi connectivity index (χ3v) is 2.89. The van der Waals surface area contributed by atoms with Crippen molar-refractivity contribution in [3.8, 4) is 0 Å². The zero-order valence-electron chi connectivity index (χ0n) is 8.01. The van der Waals surface area contributed by atoms with E-state index in [1.165, 1.54) is 0 Å². The zero-order chi connectivity index (χ0) is 9.42. The summed E-state index contributed by atoms with van der Waals surface area (Å²) in [7, 11) is 0. The highest BCUT2D eigenvalue weighted by molar-refractivity contribution is 5.04. The smallest absolute Gasteiger partial charge is 0.100 e. The quantitative estimate of drug-likeness (QED) is 0.702. The number of hydrogen-bond donors (Lipinski definition) is 1. The Labute approximate surface area is 77.6 Å². The van der Waals surface area contributed by atoms with Gasteiger partial charge in [-0.15, -0.1) is 5.10 Å². The van der Waals surface area contributed by atoms with Crippen LogP contribution in [-0.2, 0) is 6.54 Å². The summed E-state index contributed by atoms with van der Waals surface area (Å²) < 4.78 is 1.80. The van der Waals surface area contributed by atoms with E-state index in [1.807, 2.05) is 0 Å². The van der Waals surface area contributed by atoms with Crippen molar-refractivity contribution in [3.05, 3.63) is 11.9 Å². The van der Waals surface area contributed by atoms with Crippen LogP contribution in [0.4, 0.5) is 0 Å². The molecule has 1 N–H and O–H groups in total. The average Bonchev–Trinajstić information content (AvgIpc) is 2.52. The largest absolute Gasteiger partial charge is 0.386 e. The van der Waals surface area contributed by atoms with Gasteiger partial charge >= 0.3 is 0 Å². The van der Waals surface area contributed by atoms with Crippen LogP contribution >= 0.6 is 0 Å². The summed E-state index contributed by atoms with van der Waals surface area (Å²) in [5, 5.41) is 17.7. The molecule has 1 aliphatic heterocycles. The molecule has 0 bridgehead atoms. The van der Waals surface area contributed by atoms with E-state index in [4.69, 9.17) is 0 Å². The summed E-state index contributed by atoms with van der Waals surface area (Å²) in [6.07, 6.45) is 2.28. The van der Waals surface area contributed by atoms with Crippen LogP contribution in [0.5, 0.6) is 0 Å². The van der Waals surface area contributed by atoms with Gasteiger partial charge in [0.15, 0.2) is 0 Å². The molecule has 0 aromatic carbocycles. The van der Waals surface area contributed by atoms with E-state index in [0.717, 1.165) is 18.7 Å². The van der Waals surface area contributed by atoms with E-state index in [2.05, 4.69) is 24.2 Å². The van der Waals surface area contributed by atoms with Gasteiger partial charge in [-0.3, -0.25) is 0 Å². The van der Waals surface area contributed by atoms with Crippen LogP contribution in [0.25, 0.3) is 0 Å². The molecule has 2 rings (SSSR count). The normalized spacial score (nSPS) is 27.7. The number of hydrogen-bond acceptors (Lipinski definition) is 3. The van der Waals surface area contributed by atoms with Gasteiger partial charge in [-0.05, 0) is 18.3 Å². The molecule has 0 saturated heterocycles. The van der Waals surface area contributed by atoms with E-state index in [0.29, 0.717) is 11.8 Å². The van der Waals surface area contributed by atoms with Gasteiger partial charge in [0.25, 0.3) is 0 Å². The number of aromatic nitrogens is 3. The molecule has 0 spiro atoms. The standard InChI is InChI=1S/C9H15N3O/c1-6(2)7-3-4-12-8(9(7)13)5-10-11-12/h5-7,9,13H,3-4H2,1-2H3. The van der Waals surface area contributed by atoms with Gasteiger partial charge in [-0.2, -0.15) is 0 Å². The van der Waals surface area contributed by atoms with Gasteiger partial charge in [-0.25, -0.2) is 4.68 Å². The highest BCUT2D eigenvalue weighted by Gasteiger charge is 2.30. The predicted octanol–water partition coefficient (Wildman–Crippen LogP) is 0.987. The molecule has 2 atom stereocenters. The first-order valence-corrected chi connectivity index (χ1v) is 4.76. The van der Waals surface area contributed by atoms with Gasteiger partial charge in [0.05, 0.1) is 11.9 Å². The molecule has 4 nitrogen and oxygen atoms in total. The molecule has 2 unspecified atom stereocenters. The maximum Gasteiger partial charge on any atom is 0.100 e. The van der Waals surface area contributed by atoms with Crippen molar-refractivity contribution in [1.29, 1.82) is 0 Å². The number of fused-ring (bicyclic) bond motifs is 1. The lowest BCUT2D eigenvalue weighted by molar-refractivity contribution is 0.0475. The van der Waals surface area contributed by atoms with Crippen LogP contribution in [0, 0.1) is 11.8 Å². The van der Waals surface area contributed by atoms with Crippen molar-refractivity contribution in [2.75, 3.05) is 0 Å². The molecule has 1 aliphatic rings. The lowest BCUT2D eigenvalue weighted by Gasteiger charge is -2.30. The van der Waals surface area contributed by atoms with Crippen molar-refractivity contribution in [2.45, 2.75) is 32.9 Å². The van der Waals surface area contributed by atoms with Crippen molar-refractivity contribution < 1.29 is 5.11 Å². The number of aryl methyl sites for hydroxylation is 1. The second kappa shape index (κ2) is 3.10. The van der Waals surface area contributed by atoms with Crippen LogP contribution in [-0.4, -0.2) is 20.1 Å². The fourth-order valence-corrected chi connectivity index (χ4v) is 2.01. The van der Waals surface area contributed by atoms with E-state index < -0.39 is 0 Å². The molecular formula is C9H15N3O. The van der Waals surface area contributed by atoms with Crippen molar-refractivity contribution in [1.82, 2.24) is 15.0 Å². The van der Waals surface area contributed by atoms with E-state index in [1.54, 1.807) is 10.9 Å². The third kappa shape index (κ3) is 1.35. The summed E-state index contributed by atoms with van der Waals surface area (Å²) in [5.41, 5.74) is 0.866. The maximum atomic E-state index is 9.98. The molecule has 0 saturated carbocycles. The van der Waals surface area contributed by atoms with Crippen LogP contribution < -0.4 is 0 Å². The first-order chi connectivity index (χ1) is 6.20. The Kier molecular flexibility index (Phi) is 2.07. The van der Waals surface area contributed by atoms with Crippen molar-refractivity contribution >= 4 is 0 Å². The molecule has 4 heteroatoms. The van der Waals surface area contributed by atoms with Crippen LogP contribution in [0.3, 0.4) is 0 Å². The Morgan fingerprint density at radius 3 is 3.08 bits per heavy atom. The molecule has 13 heavy (non-hydrogen) atoms. The van der Waals surface area contributed by atoms with E-state index in [9.17, 15) is 5.11 Å². The minimum absolute atomic E-state index is 0.353. The molecule has 2 heterocycles. The Bertz CT molecular complexity index is 295. The first-order valence-electron chi connectivity index (χ1n) is 4.76. The molecule has 72 valence electrons. The second-order valence-electron chi connectivity index (χ2n) is 4.02. The van der Waals surface area contributed by atoms with Gasteiger partial charge in [-0.1, -0.05) is 19.1 Å². The van der Waals surface area contributed by atoms with E-state index >= 15 is 0 Å². The van der Waals surface area contributed by atoms with Crippen LogP contribution in [0.1, 0.15) is 32.1 Å². The lowest BCUT2D eigenvalue weighted by Crippen LogP contribution is -2.28. The first kappa shape index (κ1) is 8.69. The zero-order valence-corrected chi connectivity index (χ0v) is 8.01. The number of aliphatic hydroxyl groups is 1. The minimum Gasteiger partial charge on any atom is -0.386 e. The molecule has 1 aromatic heterocycles. The lowest BCUT2D eigenvalue weighted by atomic mass is 9.84. The minimum atomic E-state index is -0.385. The van der Waals surface area contributed by atoms with Crippen LogP contribution in [0.2, 0.25) is 0 Å². The molecule has 0 aliphatic carbocycles. The topological polar surface area (TPSA) is 50.9 Å². The molecule has 0 fully saturated rings. The summed E-state index contributed by atoms with van der Waals surface area (Å²) >= 11 is 0. The fourth-order valence-electron chi connectivity index (χ4n) is 2.01. The Morgan fingerprint density at radius 1 is 1.62 bits per heavy atom. The maximum absolute atomic E-state index is 9.98. The Hall–Kier alpha value is -0.900. The molecule has 0 amide bonds.